The highest BCUT2D eigenvalue weighted by Crippen LogP contribution is 2.27. The van der Waals surface area contributed by atoms with Crippen LogP contribution < -0.4 is 5.32 Å². The quantitative estimate of drug-likeness (QED) is 0.796. The van der Waals surface area contributed by atoms with Crippen LogP contribution in [0.5, 0.6) is 0 Å². The van der Waals surface area contributed by atoms with E-state index >= 15 is 0 Å². The van der Waals surface area contributed by atoms with Crippen LogP contribution in [-0.2, 0) is 0 Å². The van der Waals surface area contributed by atoms with E-state index in [0.717, 1.165) is 24.4 Å². The summed E-state index contributed by atoms with van der Waals surface area (Å²) in [4.78, 5) is 4.26. The summed E-state index contributed by atoms with van der Waals surface area (Å²) >= 11 is 1.69. The van der Waals surface area contributed by atoms with Gasteiger partial charge in [0.05, 0.1) is 12.1 Å². The molecule has 2 N–H and O–H groups in total. The van der Waals surface area contributed by atoms with Gasteiger partial charge >= 0.3 is 0 Å². The molecule has 14 heavy (non-hydrogen) atoms. The molecule has 4 heteroatoms. The molecule has 1 aliphatic carbocycles. The van der Waals surface area contributed by atoms with E-state index in [-0.39, 0.29) is 6.10 Å². The topological polar surface area (TPSA) is 45.1 Å². The molecule has 1 heterocycles. The van der Waals surface area contributed by atoms with Crippen molar-refractivity contribution in [1.82, 2.24) is 10.3 Å². The fourth-order valence-corrected chi connectivity index (χ4v) is 2.42. The zero-order valence-electron chi connectivity index (χ0n) is 8.31. The molecule has 0 radical (unpaired) electrons. The summed E-state index contributed by atoms with van der Waals surface area (Å²) in [5.74, 6) is 0.660. The summed E-state index contributed by atoms with van der Waals surface area (Å²) in [5, 5.41) is 15.7. The molecule has 1 unspecified atom stereocenters. The first-order chi connectivity index (χ1) is 6.75. The van der Waals surface area contributed by atoms with Gasteiger partial charge < -0.3 is 10.4 Å². The molecular weight excluding hydrogens is 196 g/mol. The van der Waals surface area contributed by atoms with Crippen molar-refractivity contribution in [2.75, 3.05) is 6.54 Å². The van der Waals surface area contributed by atoms with Crippen LogP contribution in [0.15, 0.2) is 11.6 Å². The number of hydrogen-bond acceptors (Lipinski definition) is 4. The van der Waals surface area contributed by atoms with Crippen LogP contribution in [0.3, 0.4) is 0 Å². The van der Waals surface area contributed by atoms with Crippen molar-refractivity contribution < 1.29 is 5.11 Å². The van der Waals surface area contributed by atoms with E-state index in [1.165, 1.54) is 0 Å². The summed E-state index contributed by atoms with van der Waals surface area (Å²) in [6.07, 6.45) is 3.71. The third-order valence-electron chi connectivity index (χ3n) is 2.75. The molecule has 0 saturated heterocycles. The fourth-order valence-electron chi connectivity index (χ4n) is 1.75. The first kappa shape index (κ1) is 10.1. The largest absolute Gasteiger partial charge is 0.393 e. The van der Waals surface area contributed by atoms with Crippen LogP contribution in [0.2, 0.25) is 0 Å². The van der Waals surface area contributed by atoms with Crippen molar-refractivity contribution in [1.29, 1.82) is 0 Å². The van der Waals surface area contributed by atoms with Crippen LogP contribution in [0.1, 0.15) is 30.8 Å². The van der Waals surface area contributed by atoms with Crippen molar-refractivity contribution in [2.45, 2.75) is 31.9 Å². The summed E-state index contributed by atoms with van der Waals surface area (Å²) in [6.45, 7) is 3.13. The Labute approximate surface area is 88.2 Å². The second-order valence-corrected chi connectivity index (χ2v) is 4.92. The molecule has 2 rings (SSSR count). The van der Waals surface area contributed by atoms with Crippen LogP contribution >= 0.6 is 11.3 Å². The third kappa shape index (κ3) is 2.32. The Bertz CT molecular complexity index is 270. The first-order valence-electron chi connectivity index (χ1n) is 5.06. The molecule has 1 aromatic rings. The highest BCUT2D eigenvalue weighted by Gasteiger charge is 2.27. The van der Waals surface area contributed by atoms with Gasteiger partial charge in [0.25, 0.3) is 0 Å². The lowest BCUT2D eigenvalue weighted by molar-refractivity contribution is 0.0420. The Morgan fingerprint density at radius 1 is 1.71 bits per heavy atom. The van der Waals surface area contributed by atoms with Gasteiger partial charge in [-0.25, -0.2) is 4.98 Å². The molecule has 0 amide bonds. The minimum atomic E-state index is -0.0445. The highest BCUT2D eigenvalue weighted by atomic mass is 32.1. The van der Waals surface area contributed by atoms with Gasteiger partial charge in [0, 0.05) is 11.6 Å². The number of nitrogens with zero attached hydrogens (tertiary/aromatic N) is 1. The number of hydrogen-bond donors (Lipinski definition) is 2. The Morgan fingerprint density at radius 3 is 3.07 bits per heavy atom. The van der Waals surface area contributed by atoms with Crippen molar-refractivity contribution >= 4 is 11.3 Å². The van der Waals surface area contributed by atoms with Gasteiger partial charge in [0.15, 0.2) is 0 Å². The van der Waals surface area contributed by atoms with Gasteiger partial charge in [-0.15, -0.1) is 11.3 Å². The lowest BCUT2D eigenvalue weighted by atomic mass is 9.82. The smallest absolute Gasteiger partial charge is 0.109 e. The van der Waals surface area contributed by atoms with E-state index in [4.69, 9.17) is 5.11 Å². The zero-order chi connectivity index (χ0) is 9.97. The van der Waals surface area contributed by atoms with Crippen LogP contribution in [0.4, 0.5) is 0 Å². The van der Waals surface area contributed by atoms with E-state index in [1.807, 2.05) is 11.6 Å². The van der Waals surface area contributed by atoms with Crippen LogP contribution in [-0.4, -0.2) is 22.7 Å². The summed E-state index contributed by atoms with van der Waals surface area (Å²) < 4.78 is 0. The van der Waals surface area contributed by atoms with E-state index in [0.29, 0.717) is 12.0 Å². The average Bonchev–Trinajstić information content (AvgIpc) is 2.62. The first-order valence-corrected chi connectivity index (χ1v) is 5.94. The molecule has 0 bridgehead atoms. The van der Waals surface area contributed by atoms with Gasteiger partial charge in [0.1, 0.15) is 5.01 Å². The highest BCUT2D eigenvalue weighted by molar-refractivity contribution is 7.09. The van der Waals surface area contributed by atoms with Gasteiger partial charge in [-0.3, -0.25) is 0 Å². The molecule has 1 fully saturated rings. The maximum atomic E-state index is 9.13. The Morgan fingerprint density at radius 2 is 2.50 bits per heavy atom. The second-order valence-electron chi connectivity index (χ2n) is 3.99. The molecule has 0 aliphatic heterocycles. The van der Waals surface area contributed by atoms with Crippen LogP contribution in [0, 0.1) is 5.92 Å². The third-order valence-corrected chi connectivity index (χ3v) is 3.70. The van der Waals surface area contributed by atoms with Gasteiger partial charge in [-0.2, -0.15) is 0 Å². The Hall–Kier alpha value is -0.450. The molecule has 0 aromatic carbocycles. The molecular formula is C10H16N2OS. The van der Waals surface area contributed by atoms with E-state index in [2.05, 4.69) is 17.2 Å². The van der Waals surface area contributed by atoms with Gasteiger partial charge in [-0.05, 0) is 32.2 Å². The normalized spacial score (nSPS) is 28.4. The lowest BCUT2D eigenvalue weighted by Gasteiger charge is -2.32. The monoisotopic (exact) mass is 212 g/mol. The van der Waals surface area contributed by atoms with Gasteiger partial charge in [0.2, 0.25) is 0 Å². The molecule has 1 atom stereocenters. The summed E-state index contributed by atoms with van der Waals surface area (Å²) in [5.41, 5.74) is 0. The predicted molar refractivity (Wildman–Crippen MR) is 57.3 cm³/mol. The standard InChI is InChI=1S/C10H16N2OS/c1-7(10-11-2-3-14-10)12-6-8-4-9(13)5-8/h2-3,7-9,12-13H,4-6H2,1H3. The van der Waals surface area contributed by atoms with Crippen molar-refractivity contribution in [2.24, 2.45) is 5.92 Å². The Kier molecular flexibility index (Phi) is 3.15. The number of rotatable bonds is 4. The molecule has 1 saturated carbocycles. The fraction of sp³-hybridized carbons (Fsp3) is 0.700. The van der Waals surface area contributed by atoms with E-state index in [9.17, 15) is 0 Å². The minimum Gasteiger partial charge on any atom is -0.393 e. The summed E-state index contributed by atoms with van der Waals surface area (Å²) in [7, 11) is 0. The number of nitrogens with one attached hydrogen (secondary N) is 1. The molecule has 3 nitrogen and oxygen atoms in total. The number of aromatic nitrogens is 1. The molecule has 0 spiro atoms. The number of aliphatic hydroxyl groups is 1. The van der Waals surface area contributed by atoms with E-state index in [1.54, 1.807) is 11.3 Å². The van der Waals surface area contributed by atoms with Crippen LogP contribution in [0.25, 0.3) is 0 Å². The summed E-state index contributed by atoms with van der Waals surface area (Å²) in [6, 6.07) is 0.341. The van der Waals surface area contributed by atoms with Gasteiger partial charge in [-0.1, -0.05) is 0 Å². The molecule has 1 aliphatic rings. The SMILES string of the molecule is CC(NCC1CC(O)C1)c1nccs1. The molecule has 78 valence electrons. The zero-order valence-corrected chi connectivity index (χ0v) is 9.13. The predicted octanol–water partition coefficient (Wildman–Crippen LogP) is 1.56. The minimum absolute atomic E-state index is 0.0445. The second kappa shape index (κ2) is 4.38. The maximum absolute atomic E-state index is 9.13. The van der Waals surface area contributed by atoms with E-state index < -0.39 is 0 Å². The lowest BCUT2D eigenvalue weighted by Crippen LogP contribution is -2.36. The Balaban J connectivity index is 1.71. The van der Waals surface area contributed by atoms with Crippen molar-refractivity contribution in [3.63, 3.8) is 0 Å². The number of thiazole rings is 1. The van der Waals surface area contributed by atoms with Crippen molar-refractivity contribution in [3.8, 4) is 0 Å². The molecule has 1 aromatic heterocycles. The van der Waals surface area contributed by atoms with Crippen molar-refractivity contribution in [3.05, 3.63) is 16.6 Å². The average molecular weight is 212 g/mol. The number of aliphatic hydroxyl groups excluding tert-OH is 1. The maximum Gasteiger partial charge on any atom is 0.109 e.